The Morgan fingerprint density at radius 2 is 2.11 bits per heavy atom. The molecule has 0 saturated heterocycles. The van der Waals surface area contributed by atoms with Gasteiger partial charge in [0.25, 0.3) is 0 Å². The lowest BCUT2D eigenvalue weighted by Crippen LogP contribution is -2.38. The van der Waals surface area contributed by atoms with E-state index in [4.69, 9.17) is 17.3 Å². The van der Waals surface area contributed by atoms with E-state index in [2.05, 4.69) is 18.7 Å². The second-order valence-electron chi connectivity index (χ2n) is 5.74. The van der Waals surface area contributed by atoms with Crippen LogP contribution in [0.1, 0.15) is 38.3 Å². The Bertz CT molecular complexity index is 432. The number of nitrogens with zero attached hydrogens (tertiary/aromatic N) is 1. The lowest BCUT2D eigenvalue weighted by molar-refractivity contribution is 0.166. The van der Waals surface area contributed by atoms with Crippen molar-refractivity contribution in [2.75, 3.05) is 13.1 Å². The third-order valence-electron chi connectivity index (χ3n) is 3.54. The van der Waals surface area contributed by atoms with E-state index in [0.29, 0.717) is 29.1 Å². The summed E-state index contributed by atoms with van der Waals surface area (Å²) in [5.41, 5.74) is 6.58. The van der Waals surface area contributed by atoms with Gasteiger partial charge in [0.1, 0.15) is 5.82 Å². The molecule has 1 atom stereocenters. The first-order valence-corrected chi connectivity index (χ1v) is 7.31. The summed E-state index contributed by atoms with van der Waals surface area (Å²) in [6, 6.07) is 5.40. The van der Waals surface area contributed by atoms with E-state index in [1.807, 2.05) is 0 Å². The molecule has 0 aromatic heterocycles. The molecule has 1 aromatic rings. The van der Waals surface area contributed by atoms with Crippen molar-refractivity contribution in [2.45, 2.75) is 38.8 Å². The number of halogens is 2. The Balaban J connectivity index is 2.25. The van der Waals surface area contributed by atoms with Crippen molar-refractivity contribution in [3.63, 3.8) is 0 Å². The van der Waals surface area contributed by atoms with Crippen LogP contribution in [0.2, 0.25) is 5.02 Å². The Hall–Kier alpha value is -0.640. The van der Waals surface area contributed by atoms with Gasteiger partial charge in [0.05, 0.1) is 6.04 Å². The average Bonchev–Trinajstić information content (AvgIpc) is 3.14. The SMILES string of the molecule is CC(C)CN(C1CC1)C(CN)c1ccc(Cl)cc1F. The molecule has 1 aromatic carbocycles. The molecule has 1 unspecified atom stereocenters. The summed E-state index contributed by atoms with van der Waals surface area (Å²) in [6.45, 7) is 5.75. The Kier molecular flexibility index (Phi) is 4.82. The highest BCUT2D eigenvalue weighted by Crippen LogP contribution is 2.35. The van der Waals surface area contributed by atoms with E-state index in [1.165, 1.54) is 18.9 Å². The third-order valence-corrected chi connectivity index (χ3v) is 3.77. The number of benzene rings is 1. The van der Waals surface area contributed by atoms with Crippen LogP contribution in [0.3, 0.4) is 0 Å². The lowest BCUT2D eigenvalue weighted by Gasteiger charge is -2.33. The van der Waals surface area contributed by atoms with Crippen LogP contribution in [-0.2, 0) is 0 Å². The van der Waals surface area contributed by atoms with Gasteiger partial charge in [-0.25, -0.2) is 4.39 Å². The number of nitrogens with two attached hydrogens (primary N) is 1. The topological polar surface area (TPSA) is 29.3 Å². The van der Waals surface area contributed by atoms with E-state index in [9.17, 15) is 4.39 Å². The van der Waals surface area contributed by atoms with Crippen molar-refractivity contribution in [1.82, 2.24) is 4.90 Å². The van der Waals surface area contributed by atoms with Crippen LogP contribution in [0, 0.1) is 11.7 Å². The molecule has 106 valence electrons. The summed E-state index contributed by atoms with van der Waals surface area (Å²) in [5.74, 6) is 0.294. The smallest absolute Gasteiger partial charge is 0.129 e. The van der Waals surface area contributed by atoms with E-state index in [0.717, 1.165) is 6.54 Å². The molecule has 1 fully saturated rings. The highest BCUT2D eigenvalue weighted by atomic mass is 35.5. The zero-order valence-electron chi connectivity index (χ0n) is 11.6. The molecule has 2 N–H and O–H groups in total. The van der Waals surface area contributed by atoms with Gasteiger partial charge in [-0.15, -0.1) is 0 Å². The molecular formula is C15H22ClFN2. The van der Waals surface area contributed by atoms with E-state index < -0.39 is 0 Å². The zero-order valence-corrected chi connectivity index (χ0v) is 12.3. The van der Waals surface area contributed by atoms with Crippen LogP contribution in [0.25, 0.3) is 0 Å². The van der Waals surface area contributed by atoms with Crippen molar-refractivity contribution in [1.29, 1.82) is 0 Å². The minimum atomic E-state index is -0.252. The molecular weight excluding hydrogens is 263 g/mol. The van der Waals surface area contributed by atoms with Crippen molar-refractivity contribution in [3.8, 4) is 0 Å². The number of hydrogen-bond acceptors (Lipinski definition) is 2. The predicted octanol–water partition coefficient (Wildman–Crippen LogP) is 3.60. The van der Waals surface area contributed by atoms with Crippen molar-refractivity contribution < 1.29 is 4.39 Å². The number of rotatable bonds is 6. The number of hydrogen-bond donors (Lipinski definition) is 1. The fourth-order valence-corrected chi connectivity index (χ4v) is 2.73. The van der Waals surface area contributed by atoms with Crippen LogP contribution in [0.5, 0.6) is 0 Å². The van der Waals surface area contributed by atoms with Crippen molar-refractivity contribution in [3.05, 3.63) is 34.6 Å². The van der Waals surface area contributed by atoms with Crippen LogP contribution >= 0.6 is 11.6 Å². The monoisotopic (exact) mass is 284 g/mol. The van der Waals surface area contributed by atoms with Gasteiger partial charge in [0.2, 0.25) is 0 Å². The summed E-state index contributed by atoms with van der Waals surface area (Å²) in [6.07, 6.45) is 2.39. The van der Waals surface area contributed by atoms with Gasteiger partial charge in [-0.1, -0.05) is 31.5 Å². The maximum absolute atomic E-state index is 14.1. The fourth-order valence-electron chi connectivity index (χ4n) is 2.57. The highest BCUT2D eigenvalue weighted by molar-refractivity contribution is 6.30. The van der Waals surface area contributed by atoms with E-state index in [1.54, 1.807) is 12.1 Å². The van der Waals surface area contributed by atoms with E-state index >= 15 is 0 Å². The summed E-state index contributed by atoms with van der Waals surface area (Å²) < 4.78 is 14.1. The maximum atomic E-state index is 14.1. The summed E-state index contributed by atoms with van der Waals surface area (Å²) >= 11 is 5.82. The van der Waals surface area contributed by atoms with Gasteiger partial charge in [0.15, 0.2) is 0 Å². The molecule has 0 bridgehead atoms. The van der Waals surface area contributed by atoms with Crippen molar-refractivity contribution in [2.24, 2.45) is 11.7 Å². The minimum Gasteiger partial charge on any atom is -0.329 e. The molecule has 0 spiro atoms. The molecule has 0 aliphatic heterocycles. The summed E-state index contributed by atoms with van der Waals surface area (Å²) in [7, 11) is 0. The Morgan fingerprint density at radius 3 is 2.58 bits per heavy atom. The molecule has 0 radical (unpaired) electrons. The van der Waals surface area contributed by atoms with Crippen LogP contribution < -0.4 is 5.73 Å². The molecule has 1 aliphatic rings. The van der Waals surface area contributed by atoms with Gasteiger partial charge in [0, 0.05) is 29.7 Å². The Labute approximate surface area is 119 Å². The van der Waals surface area contributed by atoms with Gasteiger partial charge >= 0.3 is 0 Å². The normalized spacial score (nSPS) is 17.2. The fraction of sp³-hybridized carbons (Fsp3) is 0.600. The van der Waals surface area contributed by atoms with Gasteiger partial charge in [-0.3, -0.25) is 4.90 Å². The van der Waals surface area contributed by atoms with Crippen LogP contribution in [0.4, 0.5) is 4.39 Å². The third kappa shape index (κ3) is 3.68. The summed E-state index contributed by atoms with van der Waals surface area (Å²) in [5, 5.41) is 0.429. The predicted molar refractivity (Wildman–Crippen MR) is 77.8 cm³/mol. The van der Waals surface area contributed by atoms with Gasteiger partial charge < -0.3 is 5.73 Å². The first-order valence-electron chi connectivity index (χ1n) is 6.93. The second-order valence-corrected chi connectivity index (χ2v) is 6.18. The largest absolute Gasteiger partial charge is 0.329 e. The zero-order chi connectivity index (χ0) is 14.0. The van der Waals surface area contributed by atoms with E-state index in [-0.39, 0.29) is 11.9 Å². The first-order chi connectivity index (χ1) is 9.02. The summed E-state index contributed by atoms with van der Waals surface area (Å²) in [4.78, 5) is 2.36. The minimum absolute atomic E-state index is 0.0489. The van der Waals surface area contributed by atoms with Gasteiger partial charge in [-0.2, -0.15) is 0 Å². The standard InChI is InChI=1S/C15H22ClFN2/c1-10(2)9-19(12-4-5-12)15(8-18)13-6-3-11(16)7-14(13)17/h3,6-7,10,12,15H,4-5,8-9,18H2,1-2H3. The maximum Gasteiger partial charge on any atom is 0.129 e. The molecule has 2 rings (SSSR count). The molecule has 0 heterocycles. The molecule has 19 heavy (non-hydrogen) atoms. The van der Waals surface area contributed by atoms with Crippen LogP contribution in [0.15, 0.2) is 18.2 Å². The van der Waals surface area contributed by atoms with Gasteiger partial charge in [-0.05, 0) is 30.9 Å². The van der Waals surface area contributed by atoms with Crippen molar-refractivity contribution >= 4 is 11.6 Å². The average molecular weight is 285 g/mol. The molecule has 4 heteroatoms. The molecule has 2 nitrogen and oxygen atoms in total. The molecule has 1 aliphatic carbocycles. The second kappa shape index (κ2) is 6.21. The lowest BCUT2D eigenvalue weighted by atomic mass is 10.0. The molecule has 0 amide bonds. The molecule has 1 saturated carbocycles. The first kappa shape index (κ1) is 14.8. The Morgan fingerprint density at radius 1 is 1.42 bits per heavy atom. The highest BCUT2D eigenvalue weighted by Gasteiger charge is 2.35. The van der Waals surface area contributed by atoms with Crippen LogP contribution in [-0.4, -0.2) is 24.0 Å². The quantitative estimate of drug-likeness (QED) is 0.865.